The smallest absolute Gasteiger partial charge is 0.338 e. The summed E-state index contributed by atoms with van der Waals surface area (Å²) in [5, 5.41) is 15.7. The molecule has 0 unspecified atom stereocenters. The van der Waals surface area contributed by atoms with Gasteiger partial charge >= 0.3 is 5.97 Å². The lowest BCUT2D eigenvalue weighted by atomic mass is 10.0. The van der Waals surface area contributed by atoms with Crippen LogP contribution in [0.1, 0.15) is 66.2 Å². The van der Waals surface area contributed by atoms with Crippen molar-refractivity contribution in [1.29, 1.82) is 0 Å². The van der Waals surface area contributed by atoms with Crippen molar-refractivity contribution in [3.05, 3.63) is 82.1 Å². The van der Waals surface area contributed by atoms with Crippen LogP contribution in [0.15, 0.2) is 60.3 Å². The summed E-state index contributed by atoms with van der Waals surface area (Å²) in [6.45, 7) is 10.5. The molecular formula is C29H33Cl2N5O4S. The van der Waals surface area contributed by atoms with Crippen molar-refractivity contribution in [3.8, 4) is 0 Å². The summed E-state index contributed by atoms with van der Waals surface area (Å²) in [7, 11) is 0. The van der Waals surface area contributed by atoms with Crippen LogP contribution in [-0.2, 0) is 16.1 Å². The Morgan fingerprint density at radius 2 is 1.93 bits per heavy atom. The molecule has 1 aromatic heterocycles. The lowest BCUT2D eigenvalue weighted by Crippen LogP contribution is -2.32. The number of benzene rings is 2. The molecule has 0 bridgehead atoms. The number of allylic oxidation sites excluding steroid dienone is 1. The first-order chi connectivity index (χ1) is 19.6. The predicted octanol–water partition coefficient (Wildman–Crippen LogP) is 6.59. The molecule has 0 radical (unpaired) electrons. The Kier molecular flexibility index (Phi) is 12.2. The van der Waals surface area contributed by atoms with Crippen LogP contribution < -0.4 is 10.6 Å². The number of carbonyl (C=O) groups excluding carboxylic acids is 3. The molecule has 3 rings (SSSR count). The molecule has 2 aromatic carbocycles. The maximum absolute atomic E-state index is 13.1. The molecule has 3 aromatic rings. The van der Waals surface area contributed by atoms with Gasteiger partial charge in [0.25, 0.3) is 5.91 Å². The second kappa shape index (κ2) is 15.6. The number of anilines is 1. The van der Waals surface area contributed by atoms with E-state index < -0.39 is 12.0 Å². The van der Waals surface area contributed by atoms with Gasteiger partial charge in [-0.2, -0.15) is 0 Å². The summed E-state index contributed by atoms with van der Waals surface area (Å²) in [6.07, 6.45) is 3.01. The first-order valence-electron chi connectivity index (χ1n) is 13.1. The predicted molar refractivity (Wildman–Crippen MR) is 163 cm³/mol. The van der Waals surface area contributed by atoms with E-state index in [0.29, 0.717) is 52.4 Å². The Morgan fingerprint density at radius 3 is 2.61 bits per heavy atom. The van der Waals surface area contributed by atoms with Gasteiger partial charge in [-0.25, -0.2) is 4.79 Å². The van der Waals surface area contributed by atoms with Gasteiger partial charge in [0, 0.05) is 17.3 Å². The van der Waals surface area contributed by atoms with Gasteiger partial charge in [0.2, 0.25) is 5.91 Å². The summed E-state index contributed by atoms with van der Waals surface area (Å²) < 4.78 is 6.99. The van der Waals surface area contributed by atoms with Gasteiger partial charge in [0.15, 0.2) is 11.0 Å². The Bertz CT molecular complexity index is 1400. The number of rotatable bonds is 14. The molecule has 0 aliphatic heterocycles. The van der Waals surface area contributed by atoms with E-state index in [1.54, 1.807) is 42.5 Å². The second-order valence-corrected chi connectivity index (χ2v) is 11.4. The topological polar surface area (TPSA) is 115 Å². The molecule has 0 aliphatic carbocycles. The summed E-state index contributed by atoms with van der Waals surface area (Å²) >= 11 is 13.5. The molecule has 1 heterocycles. The average molecular weight is 619 g/mol. The van der Waals surface area contributed by atoms with Crippen LogP contribution in [0.25, 0.3) is 0 Å². The number of ether oxygens (including phenoxy) is 1. The fourth-order valence-corrected chi connectivity index (χ4v) is 5.15. The van der Waals surface area contributed by atoms with Gasteiger partial charge in [0.1, 0.15) is 0 Å². The van der Waals surface area contributed by atoms with Crippen LogP contribution >= 0.6 is 35.0 Å². The Morgan fingerprint density at radius 1 is 1.15 bits per heavy atom. The zero-order chi connectivity index (χ0) is 29.9. The van der Waals surface area contributed by atoms with E-state index in [-0.39, 0.29) is 28.5 Å². The number of esters is 1. The van der Waals surface area contributed by atoms with Gasteiger partial charge in [0.05, 0.1) is 34.6 Å². The van der Waals surface area contributed by atoms with E-state index in [2.05, 4.69) is 27.4 Å². The SMILES string of the molecule is C=CCn1c(SCC(=O)Nc2cccc(C(=O)OCCC)c2)nnc1[C@@H](CC(C)C)NC(=O)c1ccc(Cl)cc1Cl. The molecule has 41 heavy (non-hydrogen) atoms. The summed E-state index contributed by atoms with van der Waals surface area (Å²) in [5.41, 5.74) is 1.14. The first kappa shape index (κ1) is 32.2. The number of hydrogen-bond donors (Lipinski definition) is 2. The number of halogens is 2. The molecule has 9 nitrogen and oxygen atoms in total. The summed E-state index contributed by atoms with van der Waals surface area (Å²) in [6, 6.07) is 10.8. The van der Waals surface area contributed by atoms with Crippen molar-refractivity contribution >= 4 is 58.4 Å². The Balaban J connectivity index is 1.74. The van der Waals surface area contributed by atoms with Crippen LogP contribution in [0.4, 0.5) is 5.69 Å². The van der Waals surface area contributed by atoms with E-state index in [0.717, 1.165) is 6.42 Å². The molecule has 2 amide bonds. The minimum absolute atomic E-state index is 0.0430. The number of nitrogens with one attached hydrogen (secondary N) is 2. The highest BCUT2D eigenvalue weighted by molar-refractivity contribution is 7.99. The van der Waals surface area contributed by atoms with Crippen LogP contribution in [0.5, 0.6) is 0 Å². The van der Waals surface area contributed by atoms with E-state index in [9.17, 15) is 14.4 Å². The summed E-state index contributed by atoms with van der Waals surface area (Å²) in [5.74, 6) is -0.275. The highest BCUT2D eigenvalue weighted by Gasteiger charge is 2.25. The monoisotopic (exact) mass is 617 g/mol. The maximum Gasteiger partial charge on any atom is 0.338 e. The quantitative estimate of drug-likeness (QED) is 0.119. The third-order valence-electron chi connectivity index (χ3n) is 5.71. The van der Waals surface area contributed by atoms with Gasteiger partial charge in [-0.05, 0) is 55.2 Å². The minimum Gasteiger partial charge on any atom is -0.462 e. The molecule has 0 aliphatic rings. The lowest BCUT2D eigenvalue weighted by Gasteiger charge is -2.21. The zero-order valence-corrected chi connectivity index (χ0v) is 25.5. The maximum atomic E-state index is 13.1. The number of thioether (sulfide) groups is 1. The standard InChI is InChI=1S/C29H33Cl2N5O4S/c1-5-12-36-26(24(14-18(3)4)33-27(38)22-11-10-20(30)16-23(22)31)34-35-29(36)41-17-25(37)32-21-9-7-8-19(15-21)28(39)40-13-6-2/h5,7-11,15-16,18,24H,1,6,12-14,17H2,2-4H3,(H,32,37)(H,33,38)/t24-/m1/s1. The third-order valence-corrected chi connectivity index (χ3v) is 7.22. The molecule has 0 fully saturated rings. The van der Waals surface area contributed by atoms with Crippen molar-refractivity contribution in [1.82, 2.24) is 20.1 Å². The molecule has 1 atom stereocenters. The number of carbonyl (C=O) groups is 3. The van der Waals surface area contributed by atoms with Crippen molar-refractivity contribution in [3.63, 3.8) is 0 Å². The number of amides is 2. The van der Waals surface area contributed by atoms with Gasteiger partial charge in [-0.15, -0.1) is 16.8 Å². The van der Waals surface area contributed by atoms with E-state index >= 15 is 0 Å². The molecule has 0 saturated carbocycles. The first-order valence-corrected chi connectivity index (χ1v) is 14.9. The van der Waals surface area contributed by atoms with Crippen LogP contribution in [0.2, 0.25) is 10.0 Å². The lowest BCUT2D eigenvalue weighted by molar-refractivity contribution is -0.113. The van der Waals surface area contributed by atoms with Crippen molar-refractivity contribution in [2.45, 2.75) is 51.4 Å². The van der Waals surface area contributed by atoms with Gasteiger partial charge in [-0.3, -0.25) is 9.59 Å². The van der Waals surface area contributed by atoms with Crippen molar-refractivity contribution in [2.24, 2.45) is 5.92 Å². The second-order valence-electron chi connectivity index (χ2n) is 9.57. The van der Waals surface area contributed by atoms with Crippen LogP contribution in [0, 0.1) is 5.92 Å². The minimum atomic E-state index is -0.472. The molecule has 2 N–H and O–H groups in total. The van der Waals surface area contributed by atoms with E-state index in [4.69, 9.17) is 27.9 Å². The Hall–Kier alpha value is -3.34. The van der Waals surface area contributed by atoms with Gasteiger partial charge in [-0.1, -0.05) is 67.9 Å². The number of hydrogen-bond acceptors (Lipinski definition) is 7. The van der Waals surface area contributed by atoms with Crippen LogP contribution in [-0.4, -0.2) is 44.9 Å². The highest BCUT2D eigenvalue weighted by atomic mass is 35.5. The number of nitrogens with zero attached hydrogens (tertiary/aromatic N) is 3. The number of aromatic nitrogens is 3. The molecular weight excluding hydrogens is 585 g/mol. The van der Waals surface area contributed by atoms with Crippen molar-refractivity contribution in [2.75, 3.05) is 17.7 Å². The molecule has 12 heteroatoms. The fourth-order valence-electron chi connectivity index (χ4n) is 3.90. The fraction of sp³-hybridized carbons (Fsp3) is 0.345. The average Bonchev–Trinajstić information content (AvgIpc) is 3.32. The Labute approximate surface area is 254 Å². The van der Waals surface area contributed by atoms with E-state index in [1.807, 2.05) is 25.3 Å². The molecule has 0 spiro atoms. The zero-order valence-electron chi connectivity index (χ0n) is 23.2. The van der Waals surface area contributed by atoms with E-state index in [1.165, 1.54) is 17.8 Å². The third kappa shape index (κ3) is 9.34. The van der Waals surface area contributed by atoms with Crippen LogP contribution in [0.3, 0.4) is 0 Å². The normalized spacial score (nSPS) is 11.7. The molecule has 218 valence electrons. The van der Waals surface area contributed by atoms with Crippen molar-refractivity contribution < 1.29 is 19.1 Å². The highest BCUT2D eigenvalue weighted by Crippen LogP contribution is 2.27. The van der Waals surface area contributed by atoms with Gasteiger partial charge < -0.3 is 19.9 Å². The largest absolute Gasteiger partial charge is 0.462 e. The molecule has 0 saturated heterocycles. The summed E-state index contributed by atoms with van der Waals surface area (Å²) in [4.78, 5) is 38.0.